The van der Waals surface area contributed by atoms with E-state index in [0.29, 0.717) is 0 Å². The minimum Gasteiger partial charge on any atom is -0.379 e. The molecule has 0 spiro atoms. The van der Waals surface area contributed by atoms with Crippen LogP contribution in [0.3, 0.4) is 0 Å². The van der Waals surface area contributed by atoms with E-state index >= 15 is 0 Å². The van der Waals surface area contributed by atoms with Gasteiger partial charge in [-0.1, -0.05) is 0 Å². The lowest BCUT2D eigenvalue weighted by Crippen LogP contribution is -2.41. The third-order valence-corrected chi connectivity index (χ3v) is 5.11. The van der Waals surface area contributed by atoms with Crippen LogP contribution in [-0.2, 0) is 19.6 Å². The van der Waals surface area contributed by atoms with E-state index in [9.17, 15) is 17.6 Å². The van der Waals surface area contributed by atoms with E-state index < -0.39 is 32.7 Å². The van der Waals surface area contributed by atoms with Gasteiger partial charge in [0.1, 0.15) is 10.7 Å². The number of nitrogens with one attached hydrogen (secondary N) is 1. The summed E-state index contributed by atoms with van der Waals surface area (Å²) in [6.45, 7) is 2.35. The summed E-state index contributed by atoms with van der Waals surface area (Å²) in [4.78, 5) is 11.1. The Bertz CT molecular complexity index is 657. The van der Waals surface area contributed by atoms with Gasteiger partial charge in [-0.15, -0.1) is 0 Å². The number of nitrogens with zero attached hydrogens (tertiary/aromatic N) is 1. The van der Waals surface area contributed by atoms with Gasteiger partial charge in [-0.25, -0.2) is 12.8 Å². The Morgan fingerprint density at radius 3 is 2.64 bits per heavy atom. The van der Waals surface area contributed by atoms with Gasteiger partial charge in [0.15, 0.2) is 0 Å². The standard InChI is InChI=1S/C13H18FN3O4S/c1-9(15)13(18)16-10-2-3-11(14)12(8-10)22(19,20)17-4-6-21-7-5-17/h2-3,8-9H,4-7,15H2,1H3,(H,16,18)/t9-/m0/s1. The van der Waals surface area contributed by atoms with Crippen molar-refractivity contribution in [2.75, 3.05) is 31.6 Å². The molecule has 1 amide bonds. The van der Waals surface area contributed by atoms with Crippen molar-refractivity contribution in [2.45, 2.75) is 17.9 Å². The average Bonchev–Trinajstić information content (AvgIpc) is 2.49. The van der Waals surface area contributed by atoms with Crippen LogP contribution in [0.5, 0.6) is 0 Å². The molecular weight excluding hydrogens is 313 g/mol. The van der Waals surface area contributed by atoms with Crippen LogP contribution in [-0.4, -0.2) is 51.0 Å². The smallest absolute Gasteiger partial charge is 0.246 e. The molecule has 1 aliphatic rings. The quantitative estimate of drug-likeness (QED) is 0.817. The van der Waals surface area contributed by atoms with Crippen LogP contribution < -0.4 is 11.1 Å². The molecule has 0 aliphatic carbocycles. The van der Waals surface area contributed by atoms with Gasteiger partial charge in [-0.2, -0.15) is 4.31 Å². The number of benzene rings is 1. The highest BCUT2D eigenvalue weighted by atomic mass is 32.2. The predicted molar refractivity (Wildman–Crippen MR) is 78.3 cm³/mol. The Morgan fingerprint density at radius 2 is 2.05 bits per heavy atom. The third-order valence-electron chi connectivity index (χ3n) is 3.20. The van der Waals surface area contributed by atoms with Crippen molar-refractivity contribution in [1.29, 1.82) is 0 Å². The molecule has 0 aromatic heterocycles. The highest BCUT2D eigenvalue weighted by molar-refractivity contribution is 7.89. The van der Waals surface area contributed by atoms with Crippen LogP contribution >= 0.6 is 0 Å². The van der Waals surface area contributed by atoms with Gasteiger partial charge in [0.05, 0.1) is 19.3 Å². The van der Waals surface area contributed by atoms with Crippen LogP contribution in [0.1, 0.15) is 6.92 Å². The Labute approximate surface area is 128 Å². The van der Waals surface area contributed by atoms with Gasteiger partial charge in [0, 0.05) is 18.8 Å². The van der Waals surface area contributed by atoms with Gasteiger partial charge in [-0.3, -0.25) is 4.79 Å². The first-order valence-electron chi connectivity index (χ1n) is 6.76. The Hall–Kier alpha value is -1.55. The van der Waals surface area contributed by atoms with Crippen molar-refractivity contribution in [2.24, 2.45) is 5.73 Å². The lowest BCUT2D eigenvalue weighted by molar-refractivity contribution is -0.117. The van der Waals surface area contributed by atoms with E-state index in [0.717, 1.165) is 16.4 Å². The zero-order valence-corrected chi connectivity index (χ0v) is 12.9. The number of rotatable bonds is 4. The lowest BCUT2D eigenvalue weighted by Gasteiger charge is -2.26. The molecule has 1 aromatic carbocycles. The molecule has 7 nitrogen and oxygen atoms in total. The van der Waals surface area contributed by atoms with Gasteiger partial charge >= 0.3 is 0 Å². The van der Waals surface area contributed by atoms with Crippen molar-refractivity contribution in [3.8, 4) is 0 Å². The summed E-state index contributed by atoms with van der Waals surface area (Å²) in [5.74, 6) is -1.35. The number of nitrogens with two attached hydrogens (primary N) is 1. The molecule has 1 aromatic rings. The minimum absolute atomic E-state index is 0.165. The molecule has 1 atom stereocenters. The molecule has 0 saturated carbocycles. The van der Waals surface area contributed by atoms with Crippen molar-refractivity contribution in [1.82, 2.24) is 4.31 Å². The second-order valence-corrected chi connectivity index (χ2v) is 6.85. The second kappa shape index (κ2) is 6.69. The zero-order valence-electron chi connectivity index (χ0n) is 12.1. The molecule has 1 heterocycles. The topological polar surface area (TPSA) is 102 Å². The first-order chi connectivity index (χ1) is 10.3. The Balaban J connectivity index is 2.31. The number of carbonyl (C=O) groups is 1. The summed E-state index contributed by atoms with van der Waals surface area (Å²) in [5, 5.41) is 2.45. The highest BCUT2D eigenvalue weighted by Gasteiger charge is 2.29. The van der Waals surface area contributed by atoms with Crippen molar-refractivity contribution in [3.05, 3.63) is 24.0 Å². The van der Waals surface area contributed by atoms with Crippen LogP contribution in [0, 0.1) is 5.82 Å². The van der Waals surface area contributed by atoms with E-state index in [1.54, 1.807) is 0 Å². The number of morpholine rings is 1. The van der Waals surface area contributed by atoms with E-state index in [1.807, 2.05) is 0 Å². The second-order valence-electron chi connectivity index (χ2n) is 4.94. The number of hydrogen-bond acceptors (Lipinski definition) is 5. The van der Waals surface area contributed by atoms with Gasteiger partial charge in [0.2, 0.25) is 15.9 Å². The fourth-order valence-corrected chi connectivity index (χ4v) is 3.46. The van der Waals surface area contributed by atoms with E-state index in [4.69, 9.17) is 10.5 Å². The van der Waals surface area contributed by atoms with Crippen LogP contribution in [0.4, 0.5) is 10.1 Å². The monoisotopic (exact) mass is 331 g/mol. The number of halogens is 1. The van der Waals surface area contributed by atoms with Crippen molar-refractivity contribution < 1.29 is 22.3 Å². The van der Waals surface area contributed by atoms with Crippen LogP contribution in [0.2, 0.25) is 0 Å². The summed E-state index contributed by atoms with van der Waals surface area (Å²) in [6.07, 6.45) is 0. The SMILES string of the molecule is C[C@H](N)C(=O)Nc1ccc(F)c(S(=O)(=O)N2CCOCC2)c1. The van der Waals surface area contributed by atoms with E-state index in [1.165, 1.54) is 13.0 Å². The molecule has 0 radical (unpaired) electrons. The summed E-state index contributed by atoms with van der Waals surface area (Å²) < 4.78 is 45.1. The van der Waals surface area contributed by atoms with Crippen molar-refractivity contribution >= 4 is 21.6 Å². The van der Waals surface area contributed by atoms with E-state index in [2.05, 4.69) is 5.32 Å². The fraction of sp³-hybridized carbons (Fsp3) is 0.462. The largest absolute Gasteiger partial charge is 0.379 e. The van der Waals surface area contributed by atoms with Gasteiger partial charge in [0.25, 0.3) is 0 Å². The molecule has 0 unspecified atom stereocenters. The highest BCUT2D eigenvalue weighted by Crippen LogP contribution is 2.23. The lowest BCUT2D eigenvalue weighted by atomic mass is 10.3. The molecule has 3 N–H and O–H groups in total. The minimum atomic E-state index is -3.98. The molecule has 2 rings (SSSR count). The number of sulfonamides is 1. The molecule has 0 bridgehead atoms. The first kappa shape index (κ1) is 16.8. The first-order valence-corrected chi connectivity index (χ1v) is 8.20. The summed E-state index contributed by atoms with van der Waals surface area (Å²) >= 11 is 0. The summed E-state index contributed by atoms with van der Waals surface area (Å²) in [5.41, 5.74) is 5.60. The predicted octanol–water partition coefficient (Wildman–Crippen LogP) is 0.132. The number of carbonyl (C=O) groups excluding carboxylic acids is 1. The molecule has 9 heteroatoms. The molecule has 1 aliphatic heterocycles. The Kier molecular flexibility index (Phi) is 5.12. The normalized spacial score (nSPS) is 18.0. The number of anilines is 1. The van der Waals surface area contributed by atoms with E-state index in [-0.39, 0.29) is 32.0 Å². The number of hydrogen-bond donors (Lipinski definition) is 2. The summed E-state index contributed by atoms with van der Waals surface area (Å²) in [6, 6.07) is 2.63. The Morgan fingerprint density at radius 1 is 1.41 bits per heavy atom. The average molecular weight is 331 g/mol. The third kappa shape index (κ3) is 3.61. The number of amides is 1. The maximum atomic E-state index is 13.9. The number of ether oxygens (including phenoxy) is 1. The van der Waals surface area contributed by atoms with Crippen LogP contribution in [0.15, 0.2) is 23.1 Å². The van der Waals surface area contributed by atoms with Gasteiger partial charge in [-0.05, 0) is 25.1 Å². The fourth-order valence-electron chi connectivity index (χ4n) is 1.96. The molecule has 22 heavy (non-hydrogen) atoms. The molecule has 122 valence electrons. The zero-order chi connectivity index (χ0) is 16.3. The van der Waals surface area contributed by atoms with Crippen LogP contribution in [0.25, 0.3) is 0 Å². The molecule has 1 fully saturated rings. The molecule has 1 saturated heterocycles. The maximum absolute atomic E-state index is 13.9. The molecular formula is C13H18FN3O4S. The summed E-state index contributed by atoms with van der Waals surface area (Å²) in [7, 11) is -3.98. The van der Waals surface area contributed by atoms with Crippen molar-refractivity contribution in [3.63, 3.8) is 0 Å². The van der Waals surface area contributed by atoms with Gasteiger partial charge < -0.3 is 15.8 Å². The maximum Gasteiger partial charge on any atom is 0.246 e.